The van der Waals surface area contributed by atoms with Crippen molar-refractivity contribution in [2.75, 3.05) is 54.4 Å². The molecule has 326 valence electrons. The summed E-state index contributed by atoms with van der Waals surface area (Å²) in [7, 11) is 0. The number of aromatic nitrogens is 5. The molecule has 4 aliphatic heterocycles. The van der Waals surface area contributed by atoms with E-state index in [-0.39, 0.29) is 60.0 Å². The van der Waals surface area contributed by atoms with E-state index >= 15 is 0 Å². The van der Waals surface area contributed by atoms with Crippen LogP contribution in [0.4, 0.5) is 34.8 Å². The number of piperazine rings is 1. The van der Waals surface area contributed by atoms with Crippen LogP contribution in [0.5, 0.6) is 0 Å². The molecule has 62 heavy (non-hydrogen) atoms. The molecule has 1 aromatic carbocycles. The second-order valence-electron chi connectivity index (χ2n) is 16.4. The van der Waals surface area contributed by atoms with Gasteiger partial charge in [0.25, 0.3) is 17.7 Å². The molecule has 3 aromatic heterocycles. The predicted octanol–water partition coefficient (Wildman–Crippen LogP) is 2.55. The molecule has 0 radical (unpaired) electrons. The summed E-state index contributed by atoms with van der Waals surface area (Å²) in [6, 6.07) is 4.52. The molecular formula is C40H42F4N12O6. The lowest BCUT2D eigenvalue weighted by molar-refractivity contribution is -0.141. The standard InChI is InChI=1S/C40H42F4N12O6/c41-22-15-23(45)19-53(18-22)31-9-10-54-34(48-31)28(17-46-54)35(58)47-29-20-55(50-33(29)40(42,43)44)24-3-1-21(2-4-24)37(60)52-13-11-51(12-14-52)25-5-6-26-27(16-25)39(62)56(38(26)61)30-7-8-32(57)49-36(30)59/h5-6,9-10,16-17,20-24,30H,1-4,7-8,11-15,18-19,45H2,(H,47,58)(H,49,57,59)/t21?,22-,23-,24?,30?/m1/s1. The first-order chi connectivity index (χ1) is 29.6. The lowest BCUT2D eigenvalue weighted by Crippen LogP contribution is -2.54. The van der Waals surface area contributed by atoms with Crippen molar-refractivity contribution in [1.82, 2.24) is 39.5 Å². The minimum atomic E-state index is -4.89. The Bertz CT molecular complexity index is 2480. The van der Waals surface area contributed by atoms with Gasteiger partial charge in [0, 0.05) is 69.2 Å². The Morgan fingerprint density at radius 2 is 1.65 bits per heavy atom. The van der Waals surface area contributed by atoms with Gasteiger partial charge in [-0.05, 0) is 62.8 Å². The number of hydrogen-bond donors (Lipinski definition) is 3. The van der Waals surface area contributed by atoms with Crippen LogP contribution in [0, 0.1) is 5.92 Å². The molecule has 0 spiro atoms. The van der Waals surface area contributed by atoms with Gasteiger partial charge in [0.05, 0.1) is 35.6 Å². The summed E-state index contributed by atoms with van der Waals surface area (Å²) in [4.78, 5) is 88.5. The molecule has 4 aromatic rings. The molecule has 1 unspecified atom stereocenters. The molecule has 6 amide bonds. The van der Waals surface area contributed by atoms with Crippen molar-refractivity contribution in [1.29, 1.82) is 0 Å². The van der Waals surface area contributed by atoms with Gasteiger partial charge in [0.2, 0.25) is 17.7 Å². The molecule has 4 N–H and O–H groups in total. The van der Waals surface area contributed by atoms with Crippen molar-refractivity contribution in [2.45, 2.75) is 75.4 Å². The van der Waals surface area contributed by atoms with Crippen LogP contribution in [-0.2, 0) is 20.6 Å². The highest BCUT2D eigenvalue weighted by Gasteiger charge is 2.45. The highest BCUT2D eigenvalue weighted by atomic mass is 19.4. The fraction of sp³-hybridized carbons (Fsp3) is 0.475. The van der Waals surface area contributed by atoms with Gasteiger partial charge in [0.1, 0.15) is 23.6 Å². The quantitative estimate of drug-likeness (QED) is 0.181. The summed E-state index contributed by atoms with van der Waals surface area (Å²) >= 11 is 0. The molecule has 5 aliphatic rings. The third kappa shape index (κ3) is 7.59. The smallest absolute Gasteiger partial charge is 0.368 e. The molecule has 7 heterocycles. The van der Waals surface area contributed by atoms with E-state index < -0.39 is 71.4 Å². The Hall–Kier alpha value is -6.45. The Labute approximate surface area is 350 Å². The molecule has 22 heteroatoms. The van der Waals surface area contributed by atoms with E-state index in [2.05, 4.69) is 25.8 Å². The van der Waals surface area contributed by atoms with Crippen LogP contribution in [0.1, 0.15) is 87.8 Å². The first kappa shape index (κ1) is 40.9. The number of benzene rings is 1. The molecule has 1 aliphatic carbocycles. The third-order valence-electron chi connectivity index (χ3n) is 12.4. The van der Waals surface area contributed by atoms with Crippen molar-refractivity contribution >= 4 is 58.3 Å². The van der Waals surface area contributed by atoms with Gasteiger partial charge in [-0.2, -0.15) is 23.4 Å². The SMILES string of the molecule is N[C@@H]1C[C@@H](F)CN(c2ccn3ncc(C(=O)Nc4cn(C5CCC(C(=O)N6CCN(c7ccc8c(c7)C(=O)N(C7CCC(=O)NC7=O)C8=O)CC6)CC5)nc4C(F)(F)F)c3n2)C1. The number of nitrogens with one attached hydrogen (secondary N) is 2. The Balaban J connectivity index is 0.810. The zero-order chi connectivity index (χ0) is 43.6. The molecule has 9 rings (SSSR count). The molecule has 3 saturated heterocycles. The Kier molecular flexibility index (Phi) is 10.4. The number of nitrogens with two attached hydrogens (primary N) is 1. The summed E-state index contributed by atoms with van der Waals surface area (Å²) in [5, 5.41) is 12.5. The van der Waals surface area contributed by atoms with Crippen LogP contribution in [-0.4, -0.2) is 127 Å². The Morgan fingerprint density at radius 1 is 0.903 bits per heavy atom. The maximum Gasteiger partial charge on any atom is 0.437 e. The van der Waals surface area contributed by atoms with Crippen LogP contribution < -0.4 is 26.2 Å². The number of fused-ring (bicyclic) bond motifs is 2. The minimum Gasteiger partial charge on any atom is -0.368 e. The molecule has 0 bridgehead atoms. The second-order valence-corrected chi connectivity index (χ2v) is 16.4. The molecule has 1 saturated carbocycles. The van der Waals surface area contributed by atoms with Gasteiger partial charge in [-0.15, -0.1) is 0 Å². The second kappa shape index (κ2) is 15.8. The van der Waals surface area contributed by atoms with Crippen LogP contribution in [0.2, 0.25) is 0 Å². The first-order valence-electron chi connectivity index (χ1n) is 20.5. The average Bonchev–Trinajstić information content (AvgIpc) is 3.94. The zero-order valence-electron chi connectivity index (χ0n) is 33.2. The fourth-order valence-electron chi connectivity index (χ4n) is 9.21. The monoisotopic (exact) mass is 862 g/mol. The number of carbonyl (C=O) groups excluding carboxylic acids is 6. The number of anilines is 3. The van der Waals surface area contributed by atoms with E-state index in [9.17, 15) is 46.3 Å². The largest absolute Gasteiger partial charge is 0.437 e. The zero-order valence-corrected chi connectivity index (χ0v) is 33.2. The van der Waals surface area contributed by atoms with E-state index in [0.717, 1.165) is 11.1 Å². The van der Waals surface area contributed by atoms with Crippen molar-refractivity contribution in [3.05, 3.63) is 65.2 Å². The number of piperidine rings is 2. The average molecular weight is 863 g/mol. The normalized spacial score (nSPS) is 24.8. The van der Waals surface area contributed by atoms with Crippen LogP contribution in [0.3, 0.4) is 0 Å². The maximum absolute atomic E-state index is 14.3. The van der Waals surface area contributed by atoms with Crippen molar-refractivity contribution in [2.24, 2.45) is 11.7 Å². The highest BCUT2D eigenvalue weighted by molar-refractivity contribution is 6.23. The third-order valence-corrected chi connectivity index (χ3v) is 12.4. The molecule has 3 atom stereocenters. The number of halogens is 4. The Morgan fingerprint density at radius 3 is 2.35 bits per heavy atom. The number of carbonyl (C=O) groups is 6. The summed E-state index contributed by atoms with van der Waals surface area (Å²) in [6.45, 7) is 2.05. The summed E-state index contributed by atoms with van der Waals surface area (Å²) < 4.78 is 59.7. The first-order valence-corrected chi connectivity index (χ1v) is 20.5. The highest BCUT2D eigenvalue weighted by Crippen LogP contribution is 2.39. The number of hydrogen-bond acceptors (Lipinski definition) is 12. The molecular weight excluding hydrogens is 821 g/mol. The number of rotatable bonds is 7. The minimum absolute atomic E-state index is 0.0170. The van der Waals surface area contributed by atoms with Gasteiger partial charge in [0.15, 0.2) is 11.3 Å². The molecule has 4 fully saturated rings. The summed E-state index contributed by atoms with van der Waals surface area (Å²) in [6.07, 6.45) is -0.332. The van der Waals surface area contributed by atoms with Gasteiger partial charge in [-0.3, -0.25) is 43.7 Å². The molecule has 18 nitrogen and oxygen atoms in total. The fourth-order valence-corrected chi connectivity index (χ4v) is 9.21. The summed E-state index contributed by atoms with van der Waals surface area (Å²) in [5.74, 6) is -3.29. The van der Waals surface area contributed by atoms with Crippen molar-refractivity contribution in [3.8, 4) is 0 Å². The van der Waals surface area contributed by atoms with E-state index in [4.69, 9.17) is 5.73 Å². The number of nitrogens with zero attached hydrogens (tertiary/aromatic N) is 9. The van der Waals surface area contributed by atoms with Crippen molar-refractivity contribution in [3.63, 3.8) is 0 Å². The van der Waals surface area contributed by atoms with Crippen LogP contribution in [0.25, 0.3) is 5.65 Å². The van der Waals surface area contributed by atoms with Crippen LogP contribution in [0.15, 0.2) is 42.9 Å². The lowest BCUT2D eigenvalue weighted by atomic mass is 9.85. The van der Waals surface area contributed by atoms with E-state index in [1.54, 1.807) is 34.1 Å². The number of alkyl halides is 4. The maximum atomic E-state index is 14.3. The predicted molar refractivity (Wildman–Crippen MR) is 211 cm³/mol. The summed E-state index contributed by atoms with van der Waals surface area (Å²) in [5.41, 5.74) is 5.17. The van der Waals surface area contributed by atoms with Gasteiger partial charge < -0.3 is 25.8 Å². The topological polar surface area (TPSA) is 213 Å². The number of imide groups is 2. The number of amides is 6. The van der Waals surface area contributed by atoms with Gasteiger partial charge in [-0.1, -0.05) is 0 Å². The van der Waals surface area contributed by atoms with E-state index in [1.165, 1.54) is 21.6 Å². The van der Waals surface area contributed by atoms with Crippen molar-refractivity contribution < 1.29 is 46.3 Å². The van der Waals surface area contributed by atoms with Gasteiger partial charge >= 0.3 is 6.18 Å². The van der Waals surface area contributed by atoms with Crippen LogP contribution >= 0.6 is 0 Å². The van der Waals surface area contributed by atoms with E-state index in [0.29, 0.717) is 69.9 Å². The van der Waals surface area contributed by atoms with Gasteiger partial charge in [-0.25, -0.2) is 13.9 Å². The van der Waals surface area contributed by atoms with E-state index in [1.807, 2.05) is 4.90 Å². The lowest BCUT2D eigenvalue weighted by Gasteiger charge is -2.39.